The quantitative estimate of drug-likeness (QED) is 0.390. The zero-order valence-corrected chi connectivity index (χ0v) is 21.3. The van der Waals surface area contributed by atoms with Gasteiger partial charge in [0.15, 0.2) is 0 Å². The van der Waals surface area contributed by atoms with Crippen molar-refractivity contribution in [3.05, 3.63) is 74.1 Å². The van der Waals surface area contributed by atoms with Crippen molar-refractivity contribution >= 4 is 45.3 Å². The Balaban J connectivity index is 0.000000848. The molecule has 0 aliphatic carbocycles. The number of nitrogens with one attached hydrogen (secondary N) is 1. The van der Waals surface area contributed by atoms with Crippen LogP contribution in [0.3, 0.4) is 0 Å². The van der Waals surface area contributed by atoms with Crippen LogP contribution in [-0.2, 0) is 17.8 Å². The lowest BCUT2D eigenvalue weighted by Crippen LogP contribution is -2.58. The molecule has 1 fully saturated rings. The van der Waals surface area contributed by atoms with Gasteiger partial charge in [0, 0.05) is 58.6 Å². The predicted octanol–water partition coefficient (Wildman–Crippen LogP) is 3.96. The fraction of sp³-hybridized carbons (Fsp3) is 0.308. The highest BCUT2D eigenvalue weighted by atomic mass is 35.5. The molecule has 0 saturated carbocycles. The first-order valence-corrected chi connectivity index (χ1v) is 13.0. The number of pyridine rings is 1. The van der Waals surface area contributed by atoms with Crippen LogP contribution in [0, 0.1) is 6.92 Å². The van der Waals surface area contributed by atoms with Gasteiger partial charge in [0.1, 0.15) is 0 Å². The van der Waals surface area contributed by atoms with Crippen LogP contribution in [0.4, 0.5) is 5.69 Å². The maximum Gasteiger partial charge on any atom is 0.290 e. The van der Waals surface area contributed by atoms with Crippen molar-refractivity contribution in [2.75, 3.05) is 24.5 Å². The SMILES string of the molecule is Cc1ccc(=O)n(Cc2cc3nccc(-c4cc(Cl)cc5c4N(C4CNC4)CCC5)c3s2)n1.O=CO. The summed E-state index contributed by atoms with van der Waals surface area (Å²) in [5, 5.41) is 15.5. The van der Waals surface area contributed by atoms with Gasteiger partial charge >= 0.3 is 0 Å². The lowest BCUT2D eigenvalue weighted by Gasteiger charge is -2.44. The van der Waals surface area contributed by atoms with Crippen molar-refractivity contribution in [2.45, 2.75) is 32.4 Å². The van der Waals surface area contributed by atoms with Gasteiger partial charge < -0.3 is 15.3 Å². The average Bonchev–Trinajstić information content (AvgIpc) is 3.23. The van der Waals surface area contributed by atoms with Crippen molar-refractivity contribution in [2.24, 2.45) is 0 Å². The molecule has 2 aliphatic heterocycles. The normalized spacial score (nSPS) is 15.1. The summed E-state index contributed by atoms with van der Waals surface area (Å²) in [6, 6.07) is 12.2. The lowest BCUT2D eigenvalue weighted by atomic mass is 9.92. The van der Waals surface area contributed by atoms with Gasteiger partial charge in [0.25, 0.3) is 12.0 Å². The number of hydrogen-bond acceptors (Lipinski definition) is 7. The molecule has 0 spiro atoms. The van der Waals surface area contributed by atoms with Gasteiger partial charge in [-0.05, 0) is 55.7 Å². The lowest BCUT2D eigenvalue weighted by molar-refractivity contribution is -0.122. The first-order chi connectivity index (χ1) is 17.5. The molecule has 8 nitrogen and oxygen atoms in total. The molecule has 0 atom stereocenters. The van der Waals surface area contributed by atoms with Crippen LogP contribution in [0.25, 0.3) is 21.3 Å². The summed E-state index contributed by atoms with van der Waals surface area (Å²) in [6.45, 7) is 5.20. The van der Waals surface area contributed by atoms with Crippen molar-refractivity contribution in [3.8, 4) is 11.1 Å². The van der Waals surface area contributed by atoms with Crippen molar-refractivity contribution in [1.82, 2.24) is 20.1 Å². The van der Waals surface area contributed by atoms with Crippen LogP contribution in [0.5, 0.6) is 0 Å². The smallest absolute Gasteiger partial charge is 0.290 e. The predicted molar refractivity (Wildman–Crippen MR) is 143 cm³/mol. The molecule has 0 amide bonds. The third kappa shape index (κ3) is 4.74. The van der Waals surface area contributed by atoms with Gasteiger partial charge in [-0.3, -0.25) is 14.6 Å². The number of nitrogens with zero attached hydrogens (tertiary/aromatic N) is 4. The Bertz CT molecular complexity index is 1480. The van der Waals surface area contributed by atoms with Crippen molar-refractivity contribution < 1.29 is 9.90 Å². The second-order valence-electron chi connectivity index (χ2n) is 8.93. The standard InChI is InChI=1S/C25H24ClN5OS.CH2O2/c1-15-4-5-23(32)31(29-15)14-19-11-22-25(33-19)20(6-7-28-22)21-10-17(26)9-16-3-2-8-30(24(16)21)18-12-27-13-18;2-1-3/h4-7,9-11,18,27H,2-3,8,12-14H2,1H3;1H,(H,2,3). The summed E-state index contributed by atoms with van der Waals surface area (Å²) >= 11 is 8.29. The van der Waals surface area contributed by atoms with E-state index in [1.807, 2.05) is 13.1 Å². The monoisotopic (exact) mass is 523 g/mol. The molecule has 1 saturated heterocycles. The van der Waals surface area contributed by atoms with Crippen LogP contribution in [-0.4, -0.2) is 52.0 Å². The minimum atomic E-state index is -0.250. The summed E-state index contributed by atoms with van der Waals surface area (Å²) in [5.41, 5.74) is 6.64. The van der Waals surface area contributed by atoms with Gasteiger partial charge in [0.2, 0.25) is 0 Å². The maximum atomic E-state index is 12.3. The van der Waals surface area contributed by atoms with E-state index in [9.17, 15) is 4.79 Å². The zero-order valence-electron chi connectivity index (χ0n) is 19.8. The zero-order chi connectivity index (χ0) is 25.2. The number of thiophene rings is 1. The third-order valence-electron chi connectivity index (χ3n) is 6.55. The molecular formula is C26H26ClN5O3S. The maximum absolute atomic E-state index is 12.3. The molecule has 4 aromatic rings. The first kappa shape index (κ1) is 24.4. The highest BCUT2D eigenvalue weighted by Gasteiger charge is 2.31. The summed E-state index contributed by atoms with van der Waals surface area (Å²) in [7, 11) is 0. The summed E-state index contributed by atoms with van der Waals surface area (Å²) < 4.78 is 2.64. The Hall–Kier alpha value is -3.27. The summed E-state index contributed by atoms with van der Waals surface area (Å²) in [4.78, 5) is 28.9. The number of hydrogen-bond donors (Lipinski definition) is 2. The molecule has 2 aliphatic rings. The van der Waals surface area contributed by atoms with E-state index in [1.165, 1.54) is 21.5 Å². The van der Waals surface area contributed by atoms with E-state index in [0.717, 1.165) is 63.8 Å². The van der Waals surface area contributed by atoms with Crippen LogP contribution >= 0.6 is 22.9 Å². The van der Waals surface area contributed by atoms with E-state index in [4.69, 9.17) is 21.5 Å². The second kappa shape index (κ2) is 10.4. The number of fused-ring (bicyclic) bond motifs is 2. The van der Waals surface area contributed by atoms with Gasteiger partial charge in [-0.25, -0.2) is 4.68 Å². The first-order valence-electron chi connectivity index (χ1n) is 11.8. The van der Waals surface area contributed by atoms with E-state index >= 15 is 0 Å². The number of rotatable bonds is 4. The van der Waals surface area contributed by atoms with Crippen LogP contribution in [0.15, 0.2) is 47.4 Å². The Morgan fingerprint density at radius 2 is 2.03 bits per heavy atom. The van der Waals surface area contributed by atoms with Gasteiger partial charge in [-0.15, -0.1) is 11.3 Å². The Morgan fingerprint density at radius 1 is 1.22 bits per heavy atom. The summed E-state index contributed by atoms with van der Waals surface area (Å²) in [5.74, 6) is 0. The Labute approximate surface area is 217 Å². The number of aryl methyl sites for hydroxylation is 2. The molecule has 10 heteroatoms. The number of aromatic nitrogens is 3. The topological polar surface area (TPSA) is 100 Å². The van der Waals surface area contributed by atoms with E-state index in [2.05, 4.69) is 44.6 Å². The number of anilines is 1. The van der Waals surface area contributed by atoms with E-state index in [-0.39, 0.29) is 12.0 Å². The molecule has 186 valence electrons. The van der Waals surface area contributed by atoms with Crippen LogP contribution in [0.2, 0.25) is 5.02 Å². The molecule has 1 aromatic carbocycles. The molecule has 5 heterocycles. The minimum Gasteiger partial charge on any atom is -0.483 e. The number of carbonyl (C=O) groups is 1. The fourth-order valence-electron chi connectivity index (χ4n) is 4.89. The number of benzene rings is 1. The number of halogens is 1. The van der Waals surface area contributed by atoms with Gasteiger partial charge in [-0.2, -0.15) is 5.10 Å². The number of carboxylic acid groups (broad SMARTS) is 1. The molecule has 0 radical (unpaired) electrons. The molecule has 0 unspecified atom stereocenters. The fourth-order valence-corrected chi connectivity index (χ4v) is 6.26. The van der Waals surface area contributed by atoms with E-state index in [0.29, 0.717) is 12.6 Å². The Morgan fingerprint density at radius 3 is 2.78 bits per heavy atom. The highest BCUT2D eigenvalue weighted by molar-refractivity contribution is 7.19. The van der Waals surface area contributed by atoms with E-state index in [1.54, 1.807) is 23.5 Å². The molecule has 3 aromatic heterocycles. The van der Waals surface area contributed by atoms with Gasteiger partial charge in [-0.1, -0.05) is 11.6 Å². The minimum absolute atomic E-state index is 0.0973. The van der Waals surface area contributed by atoms with Gasteiger partial charge in [0.05, 0.1) is 28.5 Å². The molecule has 2 N–H and O–H groups in total. The molecule has 36 heavy (non-hydrogen) atoms. The van der Waals surface area contributed by atoms with Crippen LogP contribution < -0.4 is 15.8 Å². The molecule has 6 rings (SSSR count). The summed E-state index contributed by atoms with van der Waals surface area (Å²) in [6.07, 6.45) is 4.07. The molecular weight excluding hydrogens is 498 g/mol. The second-order valence-corrected chi connectivity index (χ2v) is 10.5. The third-order valence-corrected chi connectivity index (χ3v) is 7.91. The van der Waals surface area contributed by atoms with Crippen LogP contribution in [0.1, 0.15) is 22.6 Å². The Kier molecular flexibility index (Phi) is 7.04. The molecule has 0 bridgehead atoms. The van der Waals surface area contributed by atoms with Crippen molar-refractivity contribution in [1.29, 1.82) is 0 Å². The van der Waals surface area contributed by atoms with Crippen molar-refractivity contribution in [3.63, 3.8) is 0 Å². The average molecular weight is 524 g/mol. The highest BCUT2D eigenvalue weighted by Crippen LogP contribution is 2.44. The largest absolute Gasteiger partial charge is 0.483 e. The van der Waals surface area contributed by atoms with E-state index < -0.39 is 0 Å².